The third-order valence-electron chi connectivity index (χ3n) is 5.93. The summed E-state index contributed by atoms with van der Waals surface area (Å²) in [6, 6.07) is 18.6. The number of hydrogen-bond donors (Lipinski definition) is 1. The molecule has 0 spiro atoms. The lowest BCUT2D eigenvalue weighted by Gasteiger charge is -2.40. The normalized spacial score (nSPS) is 25.9. The van der Waals surface area contributed by atoms with Crippen molar-refractivity contribution in [3.63, 3.8) is 0 Å². The van der Waals surface area contributed by atoms with Gasteiger partial charge in [0.15, 0.2) is 11.2 Å². The van der Waals surface area contributed by atoms with Crippen molar-refractivity contribution in [2.75, 3.05) is 7.11 Å². The Balaban J connectivity index is 1.85. The number of aromatic nitrogens is 1. The fraction of sp³-hybridized carbons (Fsp3) is 0.167. The lowest BCUT2D eigenvalue weighted by molar-refractivity contribution is -0.137. The highest BCUT2D eigenvalue weighted by Gasteiger charge is 2.70. The van der Waals surface area contributed by atoms with Crippen LogP contribution < -0.4 is 4.74 Å². The first-order valence-electron chi connectivity index (χ1n) is 9.60. The summed E-state index contributed by atoms with van der Waals surface area (Å²) in [5.41, 5.74) is -0.988. The van der Waals surface area contributed by atoms with Crippen LogP contribution in [0.5, 0.6) is 5.75 Å². The molecule has 5 rings (SSSR count). The van der Waals surface area contributed by atoms with Crippen LogP contribution in [0.4, 0.5) is 0 Å². The Bertz CT molecular complexity index is 1210. The fourth-order valence-corrected chi connectivity index (χ4v) is 5.10. The number of pyridine rings is 1. The first-order chi connectivity index (χ1) is 14.9. The van der Waals surface area contributed by atoms with Gasteiger partial charge in [-0.1, -0.05) is 70.0 Å². The number of benzene rings is 2. The third kappa shape index (κ3) is 2.79. The standard InChI is InChI=1S/C24H17BrClNO4/c1-30-22(28)18-12-23(29)21-19(11-17(26)13-27-21)31-24(23,15-7-9-16(25)10-8-15)20(18)14-5-3-2-4-6-14/h2-13,20,29H,1H3/t20-,23-,24+/m1/s1. The number of ether oxygens (including phenoxy) is 2. The van der Waals surface area contributed by atoms with Gasteiger partial charge in [-0.05, 0) is 23.8 Å². The van der Waals surface area contributed by atoms with E-state index in [1.165, 1.54) is 19.4 Å². The minimum atomic E-state index is -1.72. The van der Waals surface area contributed by atoms with Crippen LogP contribution in [0.15, 0.2) is 83.0 Å². The van der Waals surface area contributed by atoms with Crippen molar-refractivity contribution in [2.45, 2.75) is 17.1 Å². The molecule has 1 aliphatic heterocycles. The molecule has 1 N–H and O–H groups in total. The number of rotatable bonds is 3. The largest absolute Gasteiger partial charge is 0.476 e. The molecule has 0 amide bonds. The van der Waals surface area contributed by atoms with Crippen LogP contribution in [-0.4, -0.2) is 23.2 Å². The summed E-state index contributed by atoms with van der Waals surface area (Å²) >= 11 is 9.63. The molecule has 0 saturated heterocycles. The van der Waals surface area contributed by atoms with Crippen LogP contribution in [-0.2, 0) is 20.7 Å². The SMILES string of the molecule is COC(=O)C1=C[C@@]2(O)c3ncc(Cl)cc3O[C@@]2(c2ccc(Br)cc2)[C@@H]1c1ccccc1. The Labute approximate surface area is 192 Å². The second-order valence-electron chi connectivity index (χ2n) is 7.55. The van der Waals surface area contributed by atoms with E-state index in [4.69, 9.17) is 21.1 Å². The average Bonchev–Trinajstić information content (AvgIpc) is 3.18. The van der Waals surface area contributed by atoms with Gasteiger partial charge < -0.3 is 14.6 Å². The van der Waals surface area contributed by atoms with Gasteiger partial charge in [0.1, 0.15) is 11.4 Å². The number of hydrogen-bond acceptors (Lipinski definition) is 5. The molecule has 7 heteroatoms. The molecule has 2 heterocycles. The predicted molar refractivity (Wildman–Crippen MR) is 119 cm³/mol. The summed E-state index contributed by atoms with van der Waals surface area (Å²) in [6.07, 6.45) is 2.98. The quantitative estimate of drug-likeness (QED) is 0.522. The number of methoxy groups -OCH3 is 1. The fourth-order valence-electron chi connectivity index (χ4n) is 4.69. The molecule has 0 radical (unpaired) electrons. The van der Waals surface area contributed by atoms with Crippen molar-refractivity contribution < 1.29 is 19.4 Å². The van der Waals surface area contributed by atoms with Crippen LogP contribution in [0.1, 0.15) is 22.7 Å². The molecule has 0 unspecified atom stereocenters. The van der Waals surface area contributed by atoms with Gasteiger partial charge in [0.25, 0.3) is 0 Å². The summed E-state index contributed by atoms with van der Waals surface area (Å²) < 4.78 is 12.5. The Morgan fingerprint density at radius 3 is 2.58 bits per heavy atom. The monoisotopic (exact) mass is 497 g/mol. The van der Waals surface area contributed by atoms with Gasteiger partial charge in [0.2, 0.25) is 0 Å². The van der Waals surface area contributed by atoms with E-state index >= 15 is 0 Å². The zero-order chi connectivity index (χ0) is 21.8. The van der Waals surface area contributed by atoms with Crippen molar-refractivity contribution in [3.05, 3.63) is 105 Å². The summed E-state index contributed by atoms with van der Waals surface area (Å²) in [6.45, 7) is 0. The molecule has 31 heavy (non-hydrogen) atoms. The summed E-state index contributed by atoms with van der Waals surface area (Å²) in [7, 11) is 1.32. The van der Waals surface area contributed by atoms with Crippen LogP contribution in [0, 0.1) is 0 Å². The lowest BCUT2D eigenvalue weighted by Crippen LogP contribution is -2.49. The summed E-state index contributed by atoms with van der Waals surface area (Å²) in [5, 5.41) is 12.6. The zero-order valence-corrected chi connectivity index (χ0v) is 18.7. The first kappa shape index (κ1) is 20.2. The second kappa shape index (κ2) is 7.19. The topological polar surface area (TPSA) is 68.7 Å². The number of fused-ring (bicyclic) bond motifs is 3. The van der Waals surface area contributed by atoms with Gasteiger partial charge in [-0.25, -0.2) is 4.79 Å². The molecule has 5 nitrogen and oxygen atoms in total. The lowest BCUT2D eigenvalue weighted by atomic mass is 9.70. The first-order valence-corrected chi connectivity index (χ1v) is 10.8. The molecule has 0 saturated carbocycles. The van der Waals surface area contributed by atoms with Crippen molar-refractivity contribution >= 4 is 33.5 Å². The number of carbonyl (C=O) groups excluding carboxylic acids is 1. The Morgan fingerprint density at radius 2 is 1.90 bits per heavy atom. The number of halogens is 2. The predicted octanol–water partition coefficient (Wildman–Crippen LogP) is 4.87. The maximum Gasteiger partial charge on any atom is 0.334 e. The molecule has 0 fully saturated rings. The van der Waals surface area contributed by atoms with Crippen molar-refractivity contribution in [1.29, 1.82) is 0 Å². The Kier molecular flexibility index (Phi) is 4.70. The van der Waals surface area contributed by atoms with E-state index in [9.17, 15) is 9.90 Å². The van der Waals surface area contributed by atoms with Gasteiger partial charge in [-0.15, -0.1) is 0 Å². The highest BCUT2D eigenvalue weighted by molar-refractivity contribution is 9.10. The Hall–Kier alpha value is -2.67. The van der Waals surface area contributed by atoms with Gasteiger partial charge in [-0.2, -0.15) is 0 Å². The second-order valence-corrected chi connectivity index (χ2v) is 8.90. The van der Waals surface area contributed by atoms with Crippen LogP contribution in [0.25, 0.3) is 0 Å². The number of carbonyl (C=O) groups is 1. The molecule has 2 aliphatic rings. The Morgan fingerprint density at radius 1 is 1.19 bits per heavy atom. The van der Waals surface area contributed by atoms with Gasteiger partial charge in [0.05, 0.1) is 18.1 Å². The molecule has 0 bridgehead atoms. The van der Waals surface area contributed by atoms with Gasteiger partial charge >= 0.3 is 5.97 Å². The molecule has 3 aromatic rings. The van der Waals surface area contributed by atoms with E-state index < -0.39 is 23.1 Å². The number of esters is 1. The minimum Gasteiger partial charge on any atom is -0.476 e. The van der Waals surface area contributed by atoms with E-state index in [1.807, 2.05) is 54.6 Å². The molecular weight excluding hydrogens is 482 g/mol. The third-order valence-corrected chi connectivity index (χ3v) is 6.66. The zero-order valence-electron chi connectivity index (χ0n) is 16.4. The average molecular weight is 499 g/mol. The van der Waals surface area contributed by atoms with E-state index in [2.05, 4.69) is 20.9 Å². The van der Waals surface area contributed by atoms with Crippen molar-refractivity contribution in [3.8, 4) is 5.75 Å². The molecule has 1 aromatic heterocycles. The van der Waals surface area contributed by atoms with Crippen molar-refractivity contribution in [2.24, 2.45) is 0 Å². The molecular formula is C24H17BrClNO4. The van der Waals surface area contributed by atoms with E-state index in [0.717, 1.165) is 10.0 Å². The van der Waals surface area contributed by atoms with E-state index in [0.29, 0.717) is 27.6 Å². The highest BCUT2D eigenvalue weighted by Crippen LogP contribution is 2.65. The van der Waals surface area contributed by atoms with Crippen molar-refractivity contribution in [1.82, 2.24) is 4.98 Å². The molecule has 156 valence electrons. The maximum atomic E-state index is 12.9. The van der Waals surface area contributed by atoms with E-state index in [1.54, 1.807) is 6.07 Å². The van der Waals surface area contributed by atoms with Crippen LogP contribution in [0.3, 0.4) is 0 Å². The summed E-state index contributed by atoms with van der Waals surface area (Å²) in [4.78, 5) is 17.3. The highest BCUT2D eigenvalue weighted by atomic mass is 79.9. The van der Waals surface area contributed by atoms with Gasteiger partial charge in [0, 0.05) is 27.9 Å². The number of nitrogens with zero attached hydrogens (tertiary/aromatic N) is 1. The minimum absolute atomic E-state index is 0.305. The molecule has 2 aromatic carbocycles. The van der Waals surface area contributed by atoms with E-state index in [-0.39, 0.29) is 0 Å². The van der Waals surface area contributed by atoms with Crippen LogP contribution >= 0.6 is 27.5 Å². The molecule has 3 atom stereocenters. The van der Waals surface area contributed by atoms with Gasteiger partial charge in [-0.3, -0.25) is 4.98 Å². The number of aliphatic hydroxyl groups is 1. The smallest absolute Gasteiger partial charge is 0.334 e. The summed E-state index contributed by atoms with van der Waals surface area (Å²) in [5.74, 6) is -0.813. The maximum absolute atomic E-state index is 12.9. The molecule has 1 aliphatic carbocycles. The van der Waals surface area contributed by atoms with Crippen LogP contribution in [0.2, 0.25) is 5.02 Å².